The van der Waals surface area contributed by atoms with E-state index >= 15 is 0 Å². The van der Waals surface area contributed by atoms with Crippen molar-refractivity contribution in [2.45, 2.75) is 19.5 Å². The molecule has 1 unspecified atom stereocenters. The second-order valence-corrected chi connectivity index (χ2v) is 3.81. The maximum atomic E-state index is 8.74. The first-order valence-electron chi connectivity index (χ1n) is 5.52. The van der Waals surface area contributed by atoms with Gasteiger partial charge in [0, 0.05) is 18.9 Å². The number of hydrogen-bond acceptors (Lipinski definition) is 3. The van der Waals surface area contributed by atoms with Crippen LogP contribution in [0, 0.1) is 11.3 Å². The van der Waals surface area contributed by atoms with Crippen LogP contribution in [0.3, 0.4) is 0 Å². The van der Waals surface area contributed by atoms with E-state index in [4.69, 9.17) is 5.26 Å². The van der Waals surface area contributed by atoms with E-state index < -0.39 is 0 Å². The van der Waals surface area contributed by atoms with Crippen molar-refractivity contribution in [1.29, 1.82) is 5.26 Å². The third-order valence-electron chi connectivity index (χ3n) is 2.54. The fraction of sp³-hybridized carbons (Fsp3) is 0.231. The summed E-state index contributed by atoms with van der Waals surface area (Å²) in [6, 6.07) is 11.9. The molecule has 86 valence electrons. The zero-order valence-corrected chi connectivity index (χ0v) is 9.67. The summed E-state index contributed by atoms with van der Waals surface area (Å²) in [6.45, 7) is 2.50. The molecule has 0 saturated carbocycles. The van der Waals surface area contributed by atoms with Crippen LogP contribution in [0.15, 0.2) is 42.7 Å². The van der Waals surface area contributed by atoms with Crippen LogP contribution in [0.25, 0.3) is 5.69 Å². The molecule has 0 radical (unpaired) electrons. The molecule has 0 bridgehead atoms. The van der Waals surface area contributed by atoms with Gasteiger partial charge in [0.2, 0.25) is 0 Å². The van der Waals surface area contributed by atoms with Crippen LogP contribution >= 0.6 is 0 Å². The van der Waals surface area contributed by atoms with E-state index in [1.54, 1.807) is 6.20 Å². The minimum Gasteiger partial charge on any atom is -0.298 e. The summed E-state index contributed by atoms with van der Waals surface area (Å²) in [7, 11) is 0. The van der Waals surface area contributed by atoms with Crippen LogP contribution in [-0.2, 0) is 6.54 Å². The smallest absolute Gasteiger partial charge is 0.0927 e. The summed E-state index contributed by atoms with van der Waals surface area (Å²) in [5.41, 5.74) is 2.16. The number of benzene rings is 1. The molecule has 0 spiro atoms. The van der Waals surface area contributed by atoms with Gasteiger partial charge in [-0.1, -0.05) is 18.2 Å². The maximum absolute atomic E-state index is 8.74. The number of aromatic nitrogens is 2. The fourth-order valence-corrected chi connectivity index (χ4v) is 1.60. The number of para-hydroxylation sites is 1. The molecule has 2 aromatic rings. The van der Waals surface area contributed by atoms with Gasteiger partial charge in [-0.05, 0) is 24.6 Å². The lowest BCUT2D eigenvalue weighted by Gasteiger charge is -2.11. The van der Waals surface area contributed by atoms with Gasteiger partial charge in [-0.3, -0.25) is 5.32 Å². The van der Waals surface area contributed by atoms with Gasteiger partial charge in [0.05, 0.1) is 17.8 Å². The summed E-state index contributed by atoms with van der Waals surface area (Å²) in [5, 5.41) is 16.1. The summed E-state index contributed by atoms with van der Waals surface area (Å²) in [5.74, 6) is 0. The van der Waals surface area contributed by atoms with Crippen molar-refractivity contribution in [3.05, 3.63) is 48.3 Å². The van der Waals surface area contributed by atoms with Gasteiger partial charge in [0.1, 0.15) is 0 Å². The number of nitrogens with one attached hydrogen (secondary N) is 1. The molecule has 0 saturated heterocycles. The van der Waals surface area contributed by atoms with E-state index in [-0.39, 0.29) is 6.04 Å². The van der Waals surface area contributed by atoms with Crippen LogP contribution in [0.2, 0.25) is 0 Å². The zero-order valence-electron chi connectivity index (χ0n) is 9.67. The largest absolute Gasteiger partial charge is 0.298 e. The quantitative estimate of drug-likeness (QED) is 0.866. The van der Waals surface area contributed by atoms with Gasteiger partial charge in [-0.2, -0.15) is 10.4 Å². The highest BCUT2D eigenvalue weighted by atomic mass is 15.3. The lowest BCUT2D eigenvalue weighted by atomic mass is 10.1. The van der Waals surface area contributed by atoms with Crippen molar-refractivity contribution in [3.8, 4) is 11.8 Å². The van der Waals surface area contributed by atoms with Crippen LogP contribution < -0.4 is 5.32 Å². The van der Waals surface area contributed by atoms with E-state index in [2.05, 4.69) is 16.5 Å². The number of nitriles is 1. The molecule has 1 N–H and O–H groups in total. The molecular weight excluding hydrogens is 212 g/mol. The highest BCUT2D eigenvalue weighted by molar-refractivity contribution is 5.40. The first-order chi connectivity index (χ1) is 8.31. The fourth-order valence-electron chi connectivity index (χ4n) is 1.60. The van der Waals surface area contributed by atoms with Crippen molar-refractivity contribution in [2.24, 2.45) is 0 Å². The van der Waals surface area contributed by atoms with Gasteiger partial charge in [0.25, 0.3) is 0 Å². The molecule has 2 rings (SSSR count). The Morgan fingerprint density at radius 3 is 2.94 bits per heavy atom. The molecule has 17 heavy (non-hydrogen) atoms. The van der Waals surface area contributed by atoms with Gasteiger partial charge in [-0.15, -0.1) is 0 Å². The van der Waals surface area contributed by atoms with Crippen LogP contribution in [-0.4, -0.2) is 15.8 Å². The minimum atomic E-state index is -0.152. The molecular formula is C13H14N4. The normalized spacial score (nSPS) is 12.0. The molecule has 4 heteroatoms. The van der Waals surface area contributed by atoms with Crippen molar-refractivity contribution < 1.29 is 0 Å². The summed E-state index contributed by atoms with van der Waals surface area (Å²) in [6.07, 6.45) is 3.66. The molecule has 0 aliphatic rings. The SMILES string of the molecule is CC(C#N)NCc1ccccc1-n1cccn1. The third-order valence-corrected chi connectivity index (χ3v) is 2.54. The molecule has 1 atom stereocenters. The van der Waals surface area contributed by atoms with E-state index in [1.165, 1.54) is 0 Å². The molecule has 0 aliphatic heterocycles. The Kier molecular flexibility index (Phi) is 3.53. The number of hydrogen-bond donors (Lipinski definition) is 1. The number of rotatable bonds is 4. The standard InChI is InChI=1S/C13H14N4/c1-11(9-14)15-10-12-5-2-3-6-13(12)17-8-4-7-16-17/h2-8,11,15H,10H2,1H3. The van der Waals surface area contributed by atoms with Crippen molar-refractivity contribution >= 4 is 0 Å². The van der Waals surface area contributed by atoms with Crippen LogP contribution in [0.4, 0.5) is 0 Å². The third kappa shape index (κ3) is 2.71. The number of nitrogens with zero attached hydrogens (tertiary/aromatic N) is 3. The maximum Gasteiger partial charge on any atom is 0.0927 e. The van der Waals surface area contributed by atoms with Crippen molar-refractivity contribution in [1.82, 2.24) is 15.1 Å². The monoisotopic (exact) mass is 226 g/mol. The van der Waals surface area contributed by atoms with Gasteiger partial charge in [0.15, 0.2) is 0 Å². The minimum absolute atomic E-state index is 0.152. The molecule has 1 heterocycles. The molecule has 1 aromatic carbocycles. The molecule has 0 fully saturated rings. The molecule has 1 aromatic heterocycles. The molecule has 0 amide bonds. The average Bonchev–Trinajstić information content (AvgIpc) is 2.90. The van der Waals surface area contributed by atoms with E-state index in [0.717, 1.165) is 11.3 Å². The van der Waals surface area contributed by atoms with Crippen LogP contribution in [0.5, 0.6) is 0 Å². The van der Waals surface area contributed by atoms with E-state index in [0.29, 0.717) is 6.54 Å². The lowest BCUT2D eigenvalue weighted by molar-refractivity contribution is 0.638. The van der Waals surface area contributed by atoms with E-state index in [9.17, 15) is 0 Å². The summed E-state index contributed by atoms with van der Waals surface area (Å²) >= 11 is 0. The zero-order chi connectivity index (χ0) is 12.1. The van der Waals surface area contributed by atoms with E-state index in [1.807, 2.05) is 48.1 Å². The average molecular weight is 226 g/mol. The first-order valence-corrected chi connectivity index (χ1v) is 5.52. The Bertz CT molecular complexity index is 510. The van der Waals surface area contributed by atoms with Crippen molar-refractivity contribution in [2.75, 3.05) is 0 Å². The first kappa shape index (κ1) is 11.4. The molecule has 0 aliphatic carbocycles. The predicted octanol–water partition coefficient (Wildman–Crippen LogP) is 1.87. The predicted molar refractivity (Wildman–Crippen MR) is 65.5 cm³/mol. The summed E-state index contributed by atoms with van der Waals surface area (Å²) < 4.78 is 1.83. The van der Waals surface area contributed by atoms with Gasteiger partial charge < -0.3 is 0 Å². The highest BCUT2D eigenvalue weighted by Gasteiger charge is 2.05. The van der Waals surface area contributed by atoms with Crippen LogP contribution in [0.1, 0.15) is 12.5 Å². The topological polar surface area (TPSA) is 53.6 Å². The Balaban J connectivity index is 2.20. The van der Waals surface area contributed by atoms with Crippen molar-refractivity contribution in [3.63, 3.8) is 0 Å². The molecule has 4 nitrogen and oxygen atoms in total. The lowest BCUT2D eigenvalue weighted by Crippen LogP contribution is -2.24. The van der Waals surface area contributed by atoms with Gasteiger partial charge >= 0.3 is 0 Å². The Labute approximate surface area is 100 Å². The second kappa shape index (κ2) is 5.28. The summed E-state index contributed by atoms with van der Waals surface area (Å²) in [4.78, 5) is 0. The van der Waals surface area contributed by atoms with Gasteiger partial charge in [-0.25, -0.2) is 4.68 Å². The highest BCUT2D eigenvalue weighted by Crippen LogP contribution is 2.13. The Morgan fingerprint density at radius 1 is 1.41 bits per heavy atom. The second-order valence-electron chi connectivity index (χ2n) is 3.81. The Morgan fingerprint density at radius 2 is 2.24 bits per heavy atom. The Hall–Kier alpha value is -2.12.